The van der Waals surface area contributed by atoms with E-state index in [4.69, 9.17) is 4.74 Å². The molecule has 7 nitrogen and oxygen atoms in total. The minimum atomic E-state index is -0.941. The van der Waals surface area contributed by atoms with E-state index in [9.17, 15) is 14.7 Å². The fourth-order valence-corrected chi connectivity index (χ4v) is 5.08. The van der Waals surface area contributed by atoms with Gasteiger partial charge in [0.25, 0.3) is 0 Å². The van der Waals surface area contributed by atoms with Crippen molar-refractivity contribution in [2.24, 2.45) is 5.92 Å². The molecule has 2 N–H and O–H groups in total. The van der Waals surface area contributed by atoms with Crippen LogP contribution >= 0.6 is 12.4 Å². The molecular weight excluding hydrogens is 502 g/mol. The number of rotatable bonds is 7. The van der Waals surface area contributed by atoms with Crippen LogP contribution < -0.4 is 10.1 Å². The number of benzene rings is 2. The molecule has 2 saturated heterocycles. The summed E-state index contributed by atoms with van der Waals surface area (Å²) in [7, 11) is 0. The first-order valence-corrected chi connectivity index (χ1v) is 13.0. The third kappa shape index (κ3) is 6.32. The zero-order valence-corrected chi connectivity index (χ0v) is 23.4. The standard InChI is InChI=1S/C30H37N3O4.ClH/c1-5-6-17-33-28(35)26(27(34)21(2)3)31-29(36)30(33)15-18-32(19-16-30)20-23-9-13-25(14-10-23)37-24-11-7-22(4)8-12-24;/h7-14,21,26-27,34H,15-20H2,1-4H3,(H,31,36);1H. The average Bonchev–Trinajstić information content (AvgIpc) is 2.89. The lowest BCUT2D eigenvalue weighted by molar-refractivity contribution is -0.164. The van der Waals surface area contributed by atoms with Gasteiger partial charge in [-0.15, -0.1) is 18.3 Å². The van der Waals surface area contributed by atoms with E-state index in [1.54, 1.807) is 11.8 Å². The predicted molar refractivity (Wildman–Crippen MR) is 150 cm³/mol. The number of amides is 2. The third-order valence-electron chi connectivity index (χ3n) is 7.47. The third-order valence-corrected chi connectivity index (χ3v) is 7.47. The first-order valence-electron chi connectivity index (χ1n) is 13.0. The van der Waals surface area contributed by atoms with Gasteiger partial charge in [0.2, 0.25) is 11.8 Å². The molecule has 2 fully saturated rings. The number of piperazine rings is 1. The number of likely N-dealkylation sites (tertiary alicyclic amines) is 1. The van der Waals surface area contributed by atoms with E-state index in [-0.39, 0.29) is 36.7 Å². The number of halogens is 1. The molecule has 204 valence electrons. The topological polar surface area (TPSA) is 82.1 Å². The van der Waals surface area contributed by atoms with Crippen LogP contribution in [-0.2, 0) is 16.1 Å². The number of aryl methyl sites for hydroxylation is 1. The summed E-state index contributed by atoms with van der Waals surface area (Å²) in [6, 6.07) is 15.1. The van der Waals surface area contributed by atoms with Gasteiger partial charge in [-0.25, -0.2) is 0 Å². The van der Waals surface area contributed by atoms with E-state index < -0.39 is 17.7 Å². The normalized spacial score (nSPS) is 19.8. The minimum absolute atomic E-state index is 0. The summed E-state index contributed by atoms with van der Waals surface area (Å²) in [5.41, 5.74) is 1.41. The zero-order valence-electron chi connectivity index (χ0n) is 22.6. The highest BCUT2D eigenvalue weighted by Crippen LogP contribution is 2.34. The molecule has 2 aromatic rings. The molecule has 0 bridgehead atoms. The first-order chi connectivity index (χ1) is 17.7. The highest BCUT2D eigenvalue weighted by Gasteiger charge is 2.54. The molecule has 4 rings (SSSR count). The maximum absolute atomic E-state index is 13.4. The average molecular weight is 540 g/mol. The number of aliphatic hydroxyl groups excluding tert-OH is 1. The summed E-state index contributed by atoms with van der Waals surface area (Å²) < 4.78 is 5.94. The zero-order chi connectivity index (χ0) is 26.6. The van der Waals surface area contributed by atoms with Crippen molar-refractivity contribution in [1.29, 1.82) is 0 Å². The van der Waals surface area contributed by atoms with Crippen molar-refractivity contribution in [3.05, 3.63) is 59.7 Å². The lowest BCUT2D eigenvalue weighted by atomic mass is 9.80. The molecule has 8 heteroatoms. The van der Waals surface area contributed by atoms with Gasteiger partial charge < -0.3 is 20.1 Å². The summed E-state index contributed by atoms with van der Waals surface area (Å²) in [5.74, 6) is 6.82. The van der Waals surface area contributed by atoms with Gasteiger partial charge in [0, 0.05) is 19.6 Å². The van der Waals surface area contributed by atoms with Crippen LogP contribution in [0.1, 0.15) is 44.7 Å². The predicted octanol–water partition coefficient (Wildman–Crippen LogP) is 3.91. The number of carbonyl (C=O) groups excluding carboxylic acids is 2. The maximum Gasteiger partial charge on any atom is 0.249 e. The van der Waals surface area contributed by atoms with Crippen LogP contribution in [0, 0.1) is 24.7 Å². The van der Waals surface area contributed by atoms with Crippen LogP contribution in [0.25, 0.3) is 0 Å². The van der Waals surface area contributed by atoms with E-state index in [2.05, 4.69) is 34.2 Å². The van der Waals surface area contributed by atoms with Gasteiger partial charge in [0.05, 0.1) is 12.6 Å². The molecule has 1 spiro atoms. The number of hydrogen-bond donors (Lipinski definition) is 2. The first kappa shape index (κ1) is 29.5. The van der Waals surface area contributed by atoms with Crippen LogP contribution in [0.5, 0.6) is 11.5 Å². The molecule has 2 heterocycles. The Morgan fingerprint density at radius 1 is 1.05 bits per heavy atom. The van der Waals surface area contributed by atoms with Crippen molar-refractivity contribution < 1.29 is 19.4 Å². The number of hydrogen-bond acceptors (Lipinski definition) is 5. The van der Waals surface area contributed by atoms with Gasteiger partial charge in [0.15, 0.2) is 0 Å². The van der Waals surface area contributed by atoms with Crippen molar-refractivity contribution in [2.75, 3.05) is 19.6 Å². The molecule has 2 aliphatic heterocycles. The Labute approximate surface area is 231 Å². The van der Waals surface area contributed by atoms with Gasteiger partial charge in [-0.1, -0.05) is 49.6 Å². The molecular formula is C30H38ClN3O4. The Bertz CT molecular complexity index is 1160. The van der Waals surface area contributed by atoms with Crippen molar-refractivity contribution in [1.82, 2.24) is 15.1 Å². The van der Waals surface area contributed by atoms with Gasteiger partial charge in [-0.3, -0.25) is 14.5 Å². The second kappa shape index (κ2) is 12.7. The Kier molecular flexibility index (Phi) is 9.83. The van der Waals surface area contributed by atoms with Gasteiger partial charge in [0.1, 0.15) is 23.1 Å². The fraction of sp³-hybridized carbons (Fsp3) is 0.467. The van der Waals surface area contributed by atoms with Gasteiger partial charge >= 0.3 is 0 Å². The fourth-order valence-electron chi connectivity index (χ4n) is 5.08. The monoisotopic (exact) mass is 539 g/mol. The number of aliphatic hydroxyl groups is 1. The Hall–Kier alpha value is -3.05. The molecule has 0 saturated carbocycles. The van der Waals surface area contributed by atoms with Gasteiger partial charge in [-0.2, -0.15) is 0 Å². The van der Waals surface area contributed by atoms with Crippen LogP contribution in [0.15, 0.2) is 48.5 Å². The molecule has 0 aliphatic carbocycles. The summed E-state index contributed by atoms with van der Waals surface area (Å²) in [4.78, 5) is 30.7. The Morgan fingerprint density at radius 3 is 2.18 bits per heavy atom. The second-order valence-electron chi connectivity index (χ2n) is 10.4. The molecule has 0 aromatic heterocycles. The summed E-state index contributed by atoms with van der Waals surface area (Å²) in [5, 5.41) is 13.4. The lowest BCUT2D eigenvalue weighted by Gasteiger charge is -2.51. The Morgan fingerprint density at radius 2 is 1.63 bits per heavy atom. The SMILES string of the molecule is CC#CCN1C(=O)C(C(O)C(C)C)NC(=O)C12CCN(Cc1ccc(Oc3ccc(C)cc3)cc1)CC2.Cl. The van der Waals surface area contributed by atoms with E-state index in [0.717, 1.165) is 23.6 Å². The smallest absolute Gasteiger partial charge is 0.249 e. The molecule has 38 heavy (non-hydrogen) atoms. The van der Waals surface area contributed by atoms with Crippen molar-refractivity contribution in [3.63, 3.8) is 0 Å². The largest absolute Gasteiger partial charge is 0.457 e. The van der Waals surface area contributed by atoms with Crippen molar-refractivity contribution in [3.8, 4) is 23.3 Å². The number of piperidine rings is 1. The molecule has 2 unspecified atom stereocenters. The van der Waals surface area contributed by atoms with E-state index in [0.29, 0.717) is 25.9 Å². The maximum atomic E-state index is 13.4. The quantitative estimate of drug-likeness (QED) is 0.521. The van der Waals surface area contributed by atoms with Gasteiger partial charge in [-0.05, 0) is 62.4 Å². The van der Waals surface area contributed by atoms with E-state index in [1.165, 1.54) is 5.56 Å². The summed E-state index contributed by atoms with van der Waals surface area (Å²) >= 11 is 0. The van der Waals surface area contributed by atoms with Crippen LogP contribution in [-0.4, -0.2) is 64.0 Å². The number of ether oxygens (including phenoxy) is 1. The highest BCUT2D eigenvalue weighted by atomic mass is 35.5. The number of nitrogens with one attached hydrogen (secondary N) is 1. The van der Waals surface area contributed by atoms with Crippen molar-refractivity contribution in [2.45, 2.75) is 64.8 Å². The molecule has 2 aliphatic rings. The summed E-state index contributed by atoms with van der Waals surface area (Å²) in [6.07, 6.45) is 0.105. The number of nitrogens with zero attached hydrogens (tertiary/aromatic N) is 2. The molecule has 2 aromatic carbocycles. The molecule has 0 radical (unpaired) electrons. The van der Waals surface area contributed by atoms with Crippen molar-refractivity contribution >= 4 is 24.2 Å². The Balaban J connectivity index is 0.00000400. The summed E-state index contributed by atoms with van der Waals surface area (Å²) in [6.45, 7) is 9.73. The molecule has 2 amide bonds. The van der Waals surface area contributed by atoms with Crippen LogP contribution in [0.2, 0.25) is 0 Å². The lowest BCUT2D eigenvalue weighted by Crippen LogP contribution is -2.74. The highest BCUT2D eigenvalue weighted by molar-refractivity contribution is 6.00. The number of carbonyl (C=O) groups is 2. The van der Waals surface area contributed by atoms with E-state index in [1.807, 2.05) is 57.2 Å². The minimum Gasteiger partial charge on any atom is -0.457 e. The molecule has 2 atom stereocenters. The van der Waals surface area contributed by atoms with Crippen LogP contribution in [0.4, 0.5) is 0 Å². The van der Waals surface area contributed by atoms with E-state index >= 15 is 0 Å². The van der Waals surface area contributed by atoms with Crippen LogP contribution in [0.3, 0.4) is 0 Å². The second-order valence-corrected chi connectivity index (χ2v) is 10.4.